The van der Waals surface area contributed by atoms with Gasteiger partial charge in [-0.2, -0.15) is 0 Å². The van der Waals surface area contributed by atoms with E-state index in [0.29, 0.717) is 26.9 Å². The summed E-state index contributed by atoms with van der Waals surface area (Å²) in [6.45, 7) is 1.65. The minimum atomic E-state index is -1.03. The Bertz CT molecular complexity index is 453. The first kappa shape index (κ1) is 12.9. The molecule has 0 aliphatic heterocycles. The van der Waals surface area contributed by atoms with Crippen LogP contribution in [0.3, 0.4) is 0 Å². The van der Waals surface area contributed by atoms with Crippen molar-refractivity contribution in [1.82, 2.24) is 0 Å². The SMILES string of the molecule is COc1cc(Cl)c(/C(C)=C/C(=O)O)cc1Cl. The Kier molecular flexibility index (Phi) is 4.21. The normalized spacial score (nSPS) is 11.4. The average molecular weight is 261 g/mol. The third-order valence-electron chi connectivity index (χ3n) is 2.01. The van der Waals surface area contributed by atoms with Gasteiger partial charge in [-0.1, -0.05) is 23.2 Å². The predicted molar refractivity (Wildman–Crippen MR) is 64.3 cm³/mol. The van der Waals surface area contributed by atoms with Crippen LogP contribution >= 0.6 is 23.2 Å². The van der Waals surface area contributed by atoms with E-state index in [-0.39, 0.29) is 0 Å². The molecule has 1 N–H and O–H groups in total. The number of carboxylic acid groups (broad SMARTS) is 1. The molecule has 86 valence electrons. The molecule has 1 aromatic carbocycles. The maximum atomic E-state index is 10.5. The van der Waals surface area contributed by atoms with Gasteiger partial charge in [0.25, 0.3) is 0 Å². The van der Waals surface area contributed by atoms with Crippen LogP contribution in [0.2, 0.25) is 10.0 Å². The average Bonchev–Trinajstić information content (AvgIpc) is 2.19. The summed E-state index contributed by atoms with van der Waals surface area (Å²) in [7, 11) is 1.48. The zero-order valence-electron chi connectivity index (χ0n) is 8.75. The molecule has 0 saturated heterocycles. The van der Waals surface area contributed by atoms with Crippen molar-refractivity contribution < 1.29 is 14.6 Å². The lowest BCUT2D eigenvalue weighted by Gasteiger charge is -2.08. The number of halogens is 2. The second-order valence-corrected chi connectivity index (χ2v) is 3.95. The smallest absolute Gasteiger partial charge is 0.328 e. The Hall–Kier alpha value is -1.19. The van der Waals surface area contributed by atoms with Gasteiger partial charge in [0.1, 0.15) is 5.75 Å². The molecule has 0 aliphatic carbocycles. The molecule has 0 atom stereocenters. The standard InChI is InChI=1S/C11H10Cl2O3/c1-6(3-11(14)15)7-4-9(13)10(16-2)5-8(7)12/h3-5H,1-2H3,(H,14,15)/b6-3+. The number of allylic oxidation sites excluding steroid dienone is 1. The Morgan fingerprint density at radius 3 is 2.50 bits per heavy atom. The zero-order valence-corrected chi connectivity index (χ0v) is 10.3. The zero-order chi connectivity index (χ0) is 12.3. The van der Waals surface area contributed by atoms with Gasteiger partial charge in [-0.05, 0) is 24.1 Å². The molecule has 0 fully saturated rings. The Labute approximate surface area is 103 Å². The number of carboxylic acids is 1. The maximum Gasteiger partial charge on any atom is 0.328 e. The topological polar surface area (TPSA) is 46.5 Å². The van der Waals surface area contributed by atoms with Gasteiger partial charge in [-0.3, -0.25) is 0 Å². The third-order valence-corrected chi connectivity index (χ3v) is 2.61. The molecule has 0 spiro atoms. The van der Waals surface area contributed by atoms with E-state index in [1.807, 2.05) is 0 Å². The summed E-state index contributed by atoms with van der Waals surface area (Å²) in [5, 5.41) is 9.42. The van der Waals surface area contributed by atoms with Crippen LogP contribution in [-0.4, -0.2) is 18.2 Å². The molecule has 16 heavy (non-hydrogen) atoms. The minimum Gasteiger partial charge on any atom is -0.495 e. The van der Waals surface area contributed by atoms with Crippen molar-refractivity contribution in [2.45, 2.75) is 6.92 Å². The van der Waals surface area contributed by atoms with Crippen molar-refractivity contribution in [3.8, 4) is 5.75 Å². The highest BCUT2D eigenvalue weighted by atomic mass is 35.5. The van der Waals surface area contributed by atoms with Crippen molar-refractivity contribution in [2.24, 2.45) is 0 Å². The highest BCUT2D eigenvalue weighted by molar-refractivity contribution is 6.35. The van der Waals surface area contributed by atoms with E-state index in [4.69, 9.17) is 33.0 Å². The van der Waals surface area contributed by atoms with Crippen molar-refractivity contribution in [3.63, 3.8) is 0 Å². The summed E-state index contributed by atoms with van der Waals surface area (Å²) >= 11 is 11.9. The molecule has 0 radical (unpaired) electrons. The van der Waals surface area contributed by atoms with E-state index in [1.165, 1.54) is 7.11 Å². The molecule has 0 heterocycles. The quantitative estimate of drug-likeness (QED) is 0.847. The summed E-state index contributed by atoms with van der Waals surface area (Å²) in [5.74, 6) is -0.570. The van der Waals surface area contributed by atoms with Crippen molar-refractivity contribution in [1.29, 1.82) is 0 Å². The number of hydrogen-bond acceptors (Lipinski definition) is 2. The number of ether oxygens (including phenoxy) is 1. The van der Waals surface area contributed by atoms with Crippen LogP contribution in [0, 0.1) is 0 Å². The summed E-state index contributed by atoms with van der Waals surface area (Å²) in [5.41, 5.74) is 1.11. The first-order chi connectivity index (χ1) is 7.45. The van der Waals surface area contributed by atoms with Gasteiger partial charge in [0, 0.05) is 12.1 Å². The first-order valence-electron chi connectivity index (χ1n) is 4.40. The van der Waals surface area contributed by atoms with Crippen LogP contribution in [-0.2, 0) is 4.79 Å². The van der Waals surface area contributed by atoms with Gasteiger partial charge in [-0.25, -0.2) is 4.79 Å². The van der Waals surface area contributed by atoms with Crippen molar-refractivity contribution in [3.05, 3.63) is 33.8 Å². The fourth-order valence-electron chi connectivity index (χ4n) is 1.25. The summed E-state index contributed by atoms with van der Waals surface area (Å²) < 4.78 is 4.99. The predicted octanol–water partition coefficient (Wildman–Crippen LogP) is 3.49. The third kappa shape index (κ3) is 2.90. The van der Waals surface area contributed by atoms with E-state index in [2.05, 4.69) is 0 Å². The molecule has 0 aliphatic rings. The molecule has 1 rings (SSSR count). The fraction of sp³-hybridized carbons (Fsp3) is 0.182. The highest BCUT2D eigenvalue weighted by Crippen LogP contribution is 2.34. The lowest BCUT2D eigenvalue weighted by Crippen LogP contribution is -1.92. The molecule has 1 aromatic rings. The second kappa shape index (κ2) is 5.23. The van der Waals surface area contributed by atoms with Crippen LogP contribution in [0.5, 0.6) is 5.75 Å². The molecule has 0 saturated carbocycles. The number of methoxy groups -OCH3 is 1. The Balaban J connectivity index is 3.26. The number of carbonyl (C=O) groups is 1. The number of benzene rings is 1. The fourth-order valence-corrected chi connectivity index (χ4v) is 1.79. The monoisotopic (exact) mass is 260 g/mol. The van der Waals surface area contributed by atoms with Gasteiger partial charge < -0.3 is 9.84 Å². The van der Waals surface area contributed by atoms with Gasteiger partial charge in [-0.15, -0.1) is 0 Å². The lowest BCUT2D eigenvalue weighted by molar-refractivity contribution is -0.131. The highest BCUT2D eigenvalue weighted by Gasteiger charge is 2.09. The van der Waals surface area contributed by atoms with Crippen LogP contribution < -0.4 is 4.74 Å². The van der Waals surface area contributed by atoms with E-state index < -0.39 is 5.97 Å². The molecular formula is C11H10Cl2O3. The lowest BCUT2D eigenvalue weighted by atomic mass is 10.1. The van der Waals surface area contributed by atoms with Gasteiger partial charge >= 0.3 is 5.97 Å². The van der Waals surface area contributed by atoms with Crippen LogP contribution in [0.25, 0.3) is 5.57 Å². The molecular weight excluding hydrogens is 251 g/mol. The summed E-state index contributed by atoms with van der Waals surface area (Å²) in [6, 6.07) is 3.13. The summed E-state index contributed by atoms with van der Waals surface area (Å²) in [4.78, 5) is 10.5. The van der Waals surface area contributed by atoms with Gasteiger partial charge in [0.15, 0.2) is 0 Å². The maximum absolute atomic E-state index is 10.5. The minimum absolute atomic E-state index is 0.389. The largest absolute Gasteiger partial charge is 0.495 e. The van der Waals surface area contributed by atoms with E-state index in [1.54, 1.807) is 19.1 Å². The van der Waals surface area contributed by atoms with Crippen LogP contribution in [0.15, 0.2) is 18.2 Å². The molecule has 0 aromatic heterocycles. The van der Waals surface area contributed by atoms with Crippen molar-refractivity contribution in [2.75, 3.05) is 7.11 Å². The molecule has 0 amide bonds. The Morgan fingerprint density at radius 2 is 2.00 bits per heavy atom. The van der Waals surface area contributed by atoms with E-state index in [0.717, 1.165) is 6.08 Å². The van der Waals surface area contributed by atoms with Crippen LogP contribution in [0.4, 0.5) is 0 Å². The van der Waals surface area contributed by atoms with E-state index >= 15 is 0 Å². The molecule has 0 bridgehead atoms. The summed E-state index contributed by atoms with van der Waals surface area (Å²) in [6.07, 6.45) is 1.07. The van der Waals surface area contributed by atoms with Crippen molar-refractivity contribution >= 4 is 34.7 Å². The molecule has 5 heteroatoms. The molecule has 0 unspecified atom stereocenters. The number of aliphatic carboxylic acids is 1. The second-order valence-electron chi connectivity index (χ2n) is 3.13. The van der Waals surface area contributed by atoms with Crippen LogP contribution in [0.1, 0.15) is 12.5 Å². The molecule has 3 nitrogen and oxygen atoms in total. The van der Waals surface area contributed by atoms with Gasteiger partial charge in [0.2, 0.25) is 0 Å². The number of hydrogen-bond donors (Lipinski definition) is 1. The number of rotatable bonds is 3. The Morgan fingerprint density at radius 1 is 1.38 bits per heavy atom. The first-order valence-corrected chi connectivity index (χ1v) is 5.16. The van der Waals surface area contributed by atoms with E-state index in [9.17, 15) is 4.79 Å². The van der Waals surface area contributed by atoms with Gasteiger partial charge in [0.05, 0.1) is 17.2 Å².